The second kappa shape index (κ2) is 7.84. The van der Waals surface area contributed by atoms with Gasteiger partial charge in [0.2, 0.25) is 5.95 Å². The van der Waals surface area contributed by atoms with Crippen LogP contribution in [-0.2, 0) is 13.6 Å². The Labute approximate surface area is 174 Å². The summed E-state index contributed by atoms with van der Waals surface area (Å²) in [5, 5.41) is 4.15. The first-order chi connectivity index (χ1) is 14.7. The van der Waals surface area contributed by atoms with Gasteiger partial charge in [-0.05, 0) is 61.3 Å². The van der Waals surface area contributed by atoms with Crippen molar-refractivity contribution in [3.63, 3.8) is 0 Å². The standard InChI is InChI=1S/C23H23FN6/c1-29-14-16(18-13-17(24)8-9-20(18)29)15-30-12-3-6-21(30)19-5-2-7-22(27-19)28-23-25-10-4-11-26-23/h2,4-5,7-11,13-14,21H,3,6,12,15H2,1H3,(H,25,26,27,28)/t21-/m1/s1. The molecule has 0 radical (unpaired) electrons. The number of aryl methyl sites for hydroxylation is 1. The Balaban J connectivity index is 1.40. The largest absolute Gasteiger partial charge is 0.350 e. The van der Waals surface area contributed by atoms with Gasteiger partial charge in [0.1, 0.15) is 11.6 Å². The summed E-state index contributed by atoms with van der Waals surface area (Å²) in [6.45, 7) is 1.77. The molecule has 3 aromatic heterocycles. The van der Waals surface area contributed by atoms with Crippen LogP contribution in [0.25, 0.3) is 10.9 Å². The number of likely N-dealkylation sites (tertiary alicyclic amines) is 1. The highest BCUT2D eigenvalue weighted by atomic mass is 19.1. The lowest BCUT2D eigenvalue weighted by Crippen LogP contribution is -2.23. The van der Waals surface area contributed by atoms with Crippen LogP contribution >= 0.6 is 0 Å². The number of halogens is 1. The van der Waals surface area contributed by atoms with Crippen molar-refractivity contribution >= 4 is 22.7 Å². The Hall–Kier alpha value is -3.32. The average Bonchev–Trinajstić information content (AvgIpc) is 3.34. The minimum absolute atomic E-state index is 0.198. The van der Waals surface area contributed by atoms with Gasteiger partial charge >= 0.3 is 0 Å². The third-order valence-corrected chi connectivity index (χ3v) is 5.69. The molecule has 0 unspecified atom stereocenters. The Morgan fingerprint density at radius 2 is 2.00 bits per heavy atom. The molecule has 0 aliphatic carbocycles. The summed E-state index contributed by atoms with van der Waals surface area (Å²) in [6, 6.07) is 13.0. The van der Waals surface area contributed by atoms with Gasteiger partial charge in [-0.15, -0.1) is 0 Å². The second-order valence-electron chi connectivity index (χ2n) is 7.70. The van der Waals surface area contributed by atoms with Gasteiger partial charge in [-0.25, -0.2) is 19.3 Å². The molecule has 0 spiro atoms. The number of aromatic nitrogens is 4. The van der Waals surface area contributed by atoms with Gasteiger partial charge in [0, 0.05) is 43.1 Å². The highest BCUT2D eigenvalue weighted by Crippen LogP contribution is 2.34. The first-order valence-corrected chi connectivity index (χ1v) is 10.2. The first-order valence-electron chi connectivity index (χ1n) is 10.2. The van der Waals surface area contributed by atoms with E-state index in [1.807, 2.05) is 25.2 Å². The molecule has 30 heavy (non-hydrogen) atoms. The smallest absolute Gasteiger partial charge is 0.228 e. The molecule has 4 aromatic rings. The maximum atomic E-state index is 13.9. The monoisotopic (exact) mass is 402 g/mol. The highest BCUT2D eigenvalue weighted by Gasteiger charge is 2.28. The van der Waals surface area contributed by atoms with Crippen LogP contribution in [0.4, 0.5) is 16.2 Å². The van der Waals surface area contributed by atoms with E-state index < -0.39 is 0 Å². The van der Waals surface area contributed by atoms with Crippen molar-refractivity contribution in [2.45, 2.75) is 25.4 Å². The molecule has 1 fully saturated rings. The van der Waals surface area contributed by atoms with Gasteiger partial charge in [-0.1, -0.05) is 6.07 Å². The zero-order chi connectivity index (χ0) is 20.5. The maximum absolute atomic E-state index is 13.9. The second-order valence-corrected chi connectivity index (χ2v) is 7.70. The molecule has 7 heteroatoms. The molecule has 152 valence electrons. The number of nitrogens with one attached hydrogen (secondary N) is 1. The van der Waals surface area contributed by atoms with E-state index in [1.54, 1.807) is 24.5 Å². The Kier molecular flexibility index (Phi) is 4.88. The molecule has 1 N–H and O–H groups in total. The number of fused-ring (bicyclic) bond motifs is 1. The van der Waals surface area contributed by atoms with E-state index in [4.69, 9.17) is 4.98 Å². The summed E-state index contributed by atoms with van der Waals surface area (Å²) in [6.07, 6.45) is 7.68. The summed E-state index contributed by atoms with van der Waals surface area (Å²) in [5.74, 6) is 1.07. The summed E-state index contributed by atoms with van der Waals surface area (Å²) in [5.41, 5.74) is 3.22. The molecule has 1 aliphatic heterocycles. The van der Waals surface area contributed by atoms with Crippen molar-refractivity contribution < 1.29 is 4.39 Å². The predicted octanol–water partition coefficient (Wildman–Crippen LogP) is 4.58. The Morgan fingerprint density at radius 3 is 2.87 bits per heavy atom. The van der Waals surface area contributed by atoms with Crippen molar-refractivity contribution in [1.82, 2.24) is 24.4 Å². The van der Waals surface area contributed by atoms with Gasteiger partial charge in [0.15, 0.2) is 0 Å². The van der Waals surface area contributed by atoms with E-state index in [9.17, 15) is 4.39 Å². The third-order valence-electron chi connectivity index (χ3n) is 5.69. The van der Waals surface area contributed by atoms with Gasteiger partial charge in [-0.2, -0.15) is 0 Å². The van der Waals surface area contributed by atoms with Crippen molar-refractivity contribution in [2.24, 2.45) is 7.05 Å². The van der Waals surface area contributed by atoms with Crippen molar-refractivity contribution in [3.05, 3.63) is 78.1 Å². The summed E-state index contributed by atoms with van der Waals surface area (Å²) in [4.78, 5) is 15.7. The number of hydrogen-bond acceptors (Lipinski definition) is 5. The van der Waals surface area contributed by atoms with Crippen LogP contribution in [-0.4, -0.2) is 31.0 Å². The van der Waals surface area contributed by atoms with Crippen LogP contribution in [0.15, 0.2) is 61.1 Å². The minimum Gasteiger partial charge on any atom is -0.350 e. The van der Waals surface area contributed by atoms with Crippen LogP contribution in [0.3, 0.4) is 0 Å². The van der Waals surface area contributed by atoms with E-state index in [1.165, 1.54) is 6.07 Å². The van der Waals surface area contributed by atoms with Crippen LogP contribution < -0.4 is 5.32 Å². The summed E-state index contributed by atoms with van der Waals surface area (Å²) in [7, 11) is 2.01. The summed E-state index contributed by atoms with van der Waals surface area (Å²) >= 11 is 0. The Bertz CT molecular complexity index is 1170. The Morgan fingerprint density at radius 1 is 1.13 bits per heavy atom. The number of pyridine rings is 1. The topological polar surface area (TPSA) is 58.9 Å². The van der Waals surface area contributed by atoms with E-state index in [0.29, 0.717) is 5.95 Å². The predicted molar refractivity (Wildman–Crippen MR) is 115 cm³/mol. The molecule has 6 nitrogen and oxygen atoms in total. The van der Waals surface area contributed by atoms with Crippen LogP contribution in [0, 0.1) is 5.82 Å². The lowest BCUT2D eigenvalue weighted by atomic mass is 10.1. The van der Waals surface area contributed by atoms with Gasteiger partial charge in [0.05, 0.1) is 11.7 Å². The molecule has 4 heterocycles. The fourth-order valence-electron chi connectivity index (χ4n) is 4.33. The van der Waals surface area contributed by atoms with Crippen molar-refractivity contribution in [1.29, 1.82) is 0 Å². The number of rotatable bonds is 5. The molecule has 0 saturated carbocycles. The van der Waals surface area contributed by atoms with Gasteiger partial charge < -0.3 is 9.88 Å². The fourth-order valence-corrected chi connectivity index (χ4v) is 4.33. The molecule has 1 aromatic carbocycles. The lowest BCUT2D eigenvalue weighted by Gasteiger charge is -2.24. The van der Waals surface area contributed by atoms with Gasteiger partial charge in [-0.3, -0.25) is 4.90 Å². The number of nitrogens with zero attached hydrogens (tertiary/aromatic N) is 5. The summed E-state index contributed by atoms with van der Waals surface area (Å²) < 4.78 is 15.9. The number of hydrogen-bond donors (Lipinski definition) is 1. The molecule has 0 amide bonds. The quantitative estimate of drug-likeness (QED) is 0.529. The molecule has 1 atom stereocenters. The van der Waals surface area contributed by atoms with Gasteiger partial charge in [0.25, 0.3) is 0 Å². The van der Waals surface area contributed by atoms with Crippen LogP contribution in [0.5, 0.6) is 0 Å². The van der Waals surface area contributed by atoms with Crippen molar-refractivity contribution in [3.8, 4) is 0 Å². The molecule has 1 saturated heterocycles. The lowest BCUT2D eigenvalue weighted by molar-refractivity contribution is 0.245. The van der Waals surface area contributed by atoms with Crippen LogP contribution in [0.2, 0.25) is 0 Å². The van der Waals surface area contributed by atoms with Crippen molar-refractivity contribution in [2.75, 3.05) is 11.9 Å². The molecular formula is C23H23FN6. The first kappa shape index (κ1) is 18.7. The average molecular weight is 402 g/mol. The maximum Gasteiger partial charge on any atom is 0.228 e. The van der Waals surface area contributed by atoms with E-state index >= 15 is 0 Å². The normalized spacial score (nSPS) is 16.9. The minimum atomic E-state index is -0.198. The molecule has 1 aliphatic rings. The zero-order valence-electron chi connectivity index (χ0n) is 16.8. The zero-order valence-corrected chi connectivity index (χ0v) is 16.8. The molecule has 5 rings (SSSR count). The molecular weight excluding hydrogens is 379 g/mol. The highest BCUT2D eigenvalue weighted by molar-refractivity contribution is 5.84. The van der Waals surface area contributed by atoms with E-state index in [0.717, 1.165) is 53.9 Å². The van der Waals surface area contributed by atoms with Crippen LogP contribution in [0.1, 0.15) is 30.1 Å². The number of benzene rings is 1. The van der Waals surface area contributed by atoms with E-state index in [-0.39, 0.29) is 11.9 Å². The third kappa shape index (κ3) is 3.64. The van der Waals surface area contributed by atoms with E-state index in [2.05, 4.69) is 37.0 Å². The number of anilines is 2. The fraction of sp³-hybridized carbons (Fsp3) is 0.261. The SMILES string of the molecule is Cn1cc(CN2CCC[C@@H]2c2cccc(Nc3ncccn3)n2)c2cc(F)ccc21. The molecule has 0 bridgehead atoms.